The standard InChI is InChI=1S/C18H27BN4O3S/c1-18(2,3)26-17(24)23(19)16-21-15-13-10-12(20)9-8-11(13)6-5-7-14(15)27(25)22(16)4/h8-10,14-15H,5-7,19-20H2,1-4H3. The summed E-state index contributed by atoms with van der Waals surface area (Å²) >= 11 is -1.30. The molecule has 1 aliphatic heterocycles. The van der Waals surface area contributed by atoms with Gasteiger partial charge < -0.3 is 15.0 Å². The molecule has 2 N–H and O–H groups in total. The number of aliphatic imine (C=N–C) groups is 1. The molecule has 9 heteroatoms. The minimum atomic E-state index is -1.30. The summed E-state index contributed by atoms with van der Waals surface area (Å²) < 4.78 is 20.2. The molecule has 27 heavy (non-hydrogen) atoms. The number of benzene rings is 1. The molecule has 0 spiro atoms. The molecule has 0 bridgehead atoms. The summed E-state index contributed by atoms with van der Waals surface area (Å²) in [5, 5.41) is -0.131. The largest absolute Gasteiger partial charge is 0.593 e. The van der Waals surface area contributed by atoms with Gasteiger partial charge in [-0.2, -0.15) is 4.31 Å². The number of fused-ring (bicyclic) bond motifs is 3. The van der Waals surface area contributed by atoms with E-state index in [1.807, 2.05) is 39.0 Å². The van der Waals surface area contributed by atoms with Crippen LogP contribution >= 0.6 is 0 Å². The quantitative estimate of drug-likeness (QED) is 0.414. The SMILES string of the molecule is BN(C(=O)OC(C)(C)C)C1=NC2c3cc(N)ccc3CCCC2[S+]([O-])N1C. The second-order valence-corrected chi connectivity index (χ2v) is 9.78. The van der Waals surface area contributed by atoms with E-state index in [0.29, 0.717) is 11.6 Å². The summed E-state index contributed by atoms with van der Waals surface area (Å²) in [4.78, 5) is 18.7. The molecule has 2 aliphatic rings. The highest BCUT2D eigenvalue weighted by Gasteiger charge is 2.45. The third-order valence-electron chi connectivity index (χ3n) is 4.81. The maximum Gasteiger partial charge on any atom is 0.404 e. The van der Waals surface area contributed by atoms with Gasteiger partial charge in [0, 0.05) is 12.1 Å². The summed E-state index contributed by atoms with van der Waals surface area (Å²) in [5.74, 6) is 0.346. The van der Waals surface area contributed by atoms with Gasteiger partial charge in [-0.25, -0.2) is 9.79 Å². The Labute approximate surface area is 164 Å². The zero-order valence-electron chi connectivity index (χ0n) is 16.6. The molecule has 3 rings (SSSR count). The van der Waals surface area contributed by atoms with Gasteiger partial charge in [-0.3, -0.25) is 4.81 Å². The molecule has 1 amide bonds. The molecule has 0 radical (unpaired) electrons. The number of anilines is 1. The summed E-state index contributed by atoms with van der Waals surface area (Å²) in [7, 11) is 3.30. The number of nitrogens with two attached hydrogens (primary N) is 1. The Morgan fingerprint density at radius 1 is 1.48 bits per heavy atom. The van der Waals surface area contributed by atoms with Crippen molar-refractivity contribution in [2.24, 2.45) is 4.99 Å². The maximum atomic E-state index is 13.2. The normalized spacial score (nSPS) is 25.0. The Kier molecular flexibility index (Phi) is 5.36. The molecule has 7 nitrogen and oxygen atoms in total. The van der Waals surface area contributed by atoms with E-state index in [9.17, 15) is 9.35 Å². The Bertz CT molecular complexity index is 767. The third kappa shape index (κ3) is 4.04. The molecule has 0 aromatic heterocycles. The highest BCUT2D eigenvalue weighted by atomic mass is 32.2. The molecule has 1 heterocycles. The van der Waals surface area contributed by atoms with Gasteiger partial charge >= 0.3 is 6.09 Å². The van der Waals surface area contributed by atoms with Crippen LogP contribution in [-0.2, 0) is 22.5 Å². The fourth-order valence-electron chi connectivity index (χ4n) is 3.53. The zero-order valence-corrected chi connectivity index (χ0v) is 17.4. The van der Waals surface area contributed by atoms with E-state index in [2.05, 4.69) is 0 Å². The molecule has 1 aliphatic carbocycles. The van der Waals surface area contributed by atoms with Crippen LogP contribution in [0.4, 0.5) is 10.5 Å². The van der Waals surface area contributed by atoms with Gasteiger partial charge in [-0.1, -0.05) is 6.07 Å². The van der Waals surface area contributed by atoms with Crippen LogP contribution in [0, 0.1) is 0 Å². The number of hydrogen-bond donors (Lipinski definition) is 1. The lowest BCUT2D eigenvalue weighted by molar-refractivity contribution is 0.0456. The number of carbonyl (C=O) groups excluding carboxylic acids is 1. The van der Waals surface area contributed by atoms with Gasteiger partial charge in [0.05, 0.1) is 18.4 Å². The lowest BCUT2D eigenvalue weighted by Crippen LogP contribution is -2.54. The number of aryl methyl sites for hydroxylation is 1. The summed E-state index contributed by atoms with van der Waals surface area (Å²) in [6.07, 6.45) is 2.15. The van der Waals surface area contributed by atoms with Crippen LogP contribution < -0.4 is 5.73 Å². The lowest BCUT2D eigenvalue weighted by atomic mass is 9.98. The lowest BCUT2D eigenvalue weighted by Gasteiger charge is -2.39. The monoisotopic (exact) mass is 390 g/mol. The number of carbonyl (C=O) groups is 1. The number of amides is 1. The number of nitrogens with zero attached hydrogens (tertiary/aromatic N) is 3. The number of nitrogen functional groups attached to an aromatic ring is 1. The fourth-order valence-corrected chi connectivity index (χ4v) is 5.06. The van der Waals surface area contributed by atoms with E-state index in [1.54, 1.807) is 19.3 Å². The molecule has 3 atom stereocenters. The summed E-state index contributed by atoms with van der Waals surface area (Å²) in [6.45, 7) is 5.43. The third-order valence-corrected chi connectivity index (χ3v) is 6.52. The topological polar surface area (TPSA) is 94.2 Å². The maximum absolute atomic E-state index is 13.2. The van der Waals surface area contributed by atoms with Gasteiger partial charge in [0.25, 0.3) is 0 Å². The van der Waals surface area contributed by atoms with Crippen LogP contribution in [0.15, 0.2) is 23.2 Å². The molecule has 0 saturated heterocycles. The molecule has 0 saturated carbocycles. The zero-order chi connectivity index (χ0) is 19.9. The Morgan fingerprint density at radius 3 is 2.85 bits per heavy atom. The number of hydrogen-bond acceptors (Lipinski definition) is 6. The van der Waals surface area contributed by atoms with E-state index in [4.69, 9.17) is 15.5 Å². The van der Waals surface area contributed by atoms with Crippen molar-refractivity contribution in [3.05, 3.63) is 29.3 Å². The second kappa shape index (κ2) is 7.28. The molecule has 1 aromatic rings. The molecule has 146 valence electrons. The Morgan fingerprint density at radius 2 is 2.19 bits per heavy atom. The van der Waals surface area contributed by atoms with E-state index in [0.717, 1.165) is 24.8 Å². The van der Waals surface area contributed by atoms with Crippen LogP contribution in [0.3, 0.4) is 0 Å². The predicted octanol–water partition coefficient (Wildman–Crippen LogP) is 1.77. The van der Waals surface area contributed by atoms with Crippen molar-refractivity contribution in [1.29, 1.82) is 0 Å². The van der Waals surface area contributed by atoms with Crippen LogP contribution in [0.2, 0.25) is 0 Å². The molecular formula is C18H27BN4O3S. The minimum absolute atomic E-state index is 0.131. The average Bonchev–Trinajstić information content (AvgIpc) is 2.75. The van der Waals surface area contributed by atoms with Crippen molar-refractivity contribution in [3.63, 3.8) is 0 Å². The van der Waals surface area contributed by atoms with E-state index >= 15 is 0 Å². The first kappa shape index (κ1) is 19.9. The molecule has 1 aromatic carbocycles. The first-order valence-electron chi connectivity index (χ1n) is 9.15. The first-order valence-corrected chi connectivity index (χ1v) is 10.3. The second-order valence-electron chi connectivity index (χ2n) is 8.08. The Balaban J connectivity index is 2.01. The van der Waals surface area contributed by atoms with E-state index < -0.39 is 23.1 Å². The number of ether oxygens (including phenoxy) is 1. The average molecular weight is 390 g/mol. The predicted molar refractivity (Wildman–Crippen MR) is 110 cm³/mol. The smallest absolute Gasteiger partial charge is 0.404 e. The van der Waals surface area contributed by atoms with Crippen molar-refractivity contribution in [2.75, 3.05) is 12.8 Å². The fraction of sp³-hybridized carbons (Fsp3) is 0.556. The molecule has 0 fully saturated rings. The van der Waals surface area contributed by atoms with Crippen LogP contribution in [0.5, 0.6) is 0 Å². The van der Waals surface area contributed by atoms with Crippen molar-refractivity contribution in [1.82, 2.24) is 9.12 Å². The van der Waals surface area contributed by atoms with Gasteiger partial charge in [-0.15, -0.1) is 0 Å². The molecule has 3 unspecified atom stereocenters. The van der Waals surface area contributed by atoms with Crippen molar-refractivity contribution < 1.29 is 14.1 Å². The Hall–Kier alpha value is -1.87. The van der Waals surface area contributed by atoms with Crippen molar-refractivity contribution in [3.8, 4) is 0 Å². The van der Waals surface area contributed by atoms with Crippen LogP contribution in [-0.4, -0.2) is 51.6 Å². The van der Waals surface area contributed by atoms with E-state index in [1.165, 1.54) is 10.4 Å². The van der Waals surface area contributed by atoms with Gasteiger partial charge in [0.2, 0.25) is 13.9 Å². The van der Waals surface area contributed by atoms with Crippen LogP contribution in [0.1, 0.15) is 50.8 Å². The number of rotatable bonds is 0. The summed E-state index contributed by atoms with van der Waals surface area (Å²) in [6, 6.07) is 5.56. The van der Waals surface area contributed by atoms with Gasteiger partial charge in [-0.05, 0) is 56.9 Å². The van der Waals surface area contributed by atoms with Gasteiger partial charge in [0.1, 0.15) is 11.6 Å². The highest BCUT2D eigenvalue weighted by molar-refractivity contribution is 7.90. The van der Waals surface area contributed by atoms with Gasteiger partial charge in [0.15, 0.2) is 5.25 Å². The minimum Gasteiger partial charge on any atom is -0.593 e. The van der Waals surface area contributed by atoms with Crippen molar-refractivity contribution >= 4 is 37.1 Å². The molecular weight excluding hydrogens is 363 g/mol. The first-order chi connectivity index (χ1) is 12.6. The van der Waals surface area contributed by atoms with E-state index in [-0.39, 0.29) is 11.3 Å². The highest BCUT2D eigenvalue weighted by Crippen LogP contribution is 2.40. The number of guanidine groups is 1. The van der Waals surface area contributed by atoms with Crippen LogP contribution in [0.25, 0.3) is 0 Å². The van der Waals surface area contributed by atoms with Crippen molar-refractivity contribution in [2.45, 2.75) is 56.9 Å². The summed E-state index contributed by atoms with van der Waals surface area (Å²) in [5.41, 5.74) is 8.24.